The molecule has 7 heteroatoms. The van der Waals surface area contributed by atoms with E-state index in [1.165, 1.54) is 12.1 Å². The Balaban J connectivity index is 2.23. The number of hydrogen-bond acceptors (Lipinski definition) is 3. The maximum absolute atomic E-state index is 13.8. The van der Waals surface area contributed by atoms with Crippen LogP contribution in [0.5, 0.6) is 0 Å². The second-order valence-corrected chi connectivity index (χ2v) is 6.23. The molecule has 4 nitrogen and oxygen atoms in total. The van der Waals surface area contributed by atoms with Gasteiger partial charge in [-0.3, -0.25) is 10.1 Å². The first-order valence-electron chi connectivity index (χ1n) is 6.04. The molecule has 0 bridgehead atoms. The number of hydrogen-bond donors (Lipinski definition) is 1. The van der Waals surface area contributed by atoms with Crippen LogP contribution in [-0.4, -0.2) is 4.92 Å². The number of rotatable bonds is 4. The van der Waals surface area contributed by atoms with Crippen LogP contribution in [0.4, 0.5) is 15.8 Å². The first-order valence-corrected chi connectivity index (χ1v) is 7.62. The van der Waals surface area contributed by atoms with E-state index in [0.29, 0.717) is 15.7 Å². The molecule has 2 aromatic carbocycles. The maximum Gasteiger partial charge on any atom is 0.283 e. The first-order chi connectivity index (χ1) is 9.88. The Morgan fingerprint density at radius 1 is 1.24 bits per heavy atom. The Morgan fingerprint density at radius 2 is 1.95 bits per heavy atom. The van der Waals surface area contributed by atoms with Crippen molar-refractivity contribution in [3.05, 3.63) is 66.8 Å². The van der Waals surface area contributed by atoms with Crippen LogP contribution in [0.2, 0.25) is 0 Å². The average Bonchev–Trinajstić information content (AvgIpc) is 2.41. The van der Waals surface area contributed by atoms with Gasteiger partial charge in [0.25, 0.3) is 5.69 Å². The molecule has 0 aliphatic rings. The van der Waals surface area contributed by atoms with Gasteiger partial charge in [0.1, 0.15) is 5.82 Å². The van der Waals surface area contributed by atoms with Gasteiger partial charge in [-0.05, 0) is 53.2 Å². The van der Waals surface area contributed by atoms with Crippen LogP contribution in [0, 0.1) is 15.9 Å². The molecule has 1 N–H and O–H groups in total. The SMILES string of the molecule is CC(Nc1ccc([N+](=O)[O-])c(Br)c1)c1cc(Br)ccc1F. The van der Waals surface area contributed by atoms with E-state index in [0.717, 1.165) is 4.47 Å². The highest BCUT2D eigenvalue weighted by molar-refractivity contribution is 9.10. The minimum Gasteiger partial charge on any atom is -0.378 e. The number of nitro groups is 1. The number of nitrogens with zero attached hydrogens (tertiary/aromatic N) is 1. The molecule has 0 spiro atoms. The molecule has 2 rings (SSSR count). The Labute approximate surface area is 137 Å². The van der Waals surface area contributed by atoms with Crippen molar-refractivity contribution in [2.75, 3.05) is 5.32 Å². The number of nitrogens with one attached hydrogen (secondary N) is 1. The van der Waals surface area contributed by atoms with E-state index in [1.54, 1.807) is 24.3 Å². The molecule has 0 heterocycles. The first kappa shape index (κ1) is 15.9. The molecule has 0 fully saturated rings. The molecule has 0 amide bonds. The topological polar surface area (TPSA) is 55.2 Å². The fraction of sp³-hybridized carbons (Fsp3) is 0.143. The van der Waals surface area contributed by atoms with Gasteiger partial charge < -0.3 is 5.32 Å². The lowest BCUT2D eigenvalue weighted by Crippen LogP contribution is -2.08. The standard InChI is InChI=1S/C14H11Br2FN2O2/c1-8(11-6-9(15)2-4-13(11)17)18-10-3-5-14(19(20)21)12(16)7-10/h2-8,18H,1H3. The highest BCUT2D eigenvalue weighted by atomic mass is 79.9. The van der Waals surface area contributed by atoms with Crippen molar-refractivity contribution >= 4 is 43.2 Å². The molecular weight excluding hydrogens is 407 g/mol. The van der Waals surface area contributed by atoms with Crippen molar-refractivity contribution in [2.45, 2.75) is 13.0 Å². The lowest BCUT2D eigenvalue weighted by atomic mass is 10.1. The highest BCUT2D eigenvalue weighted by Gasteiger charge is 2.15. The summed E-state index contributed by atoms with van der Waals surface area (Å²) in [6, 6.07) is 9.04. The summed E-state index contributed by atoms with van der Waals surface area (Å²) in [7, 11) is 0. The van der Waals surface area contributed by atoms with Crippen LogP contribution in [-0.2, 0) is 0 Å². The molecule has 21 heavy (non-hydrogen) atoms. The van der Waals surface area contributed by atoms with Gasteiger partial charge in [0, 0.05) is 21.8 Å². The number of halogens is 3. The highest BCUT2D eigenvalue weighted by Crippen LogP contribution is 2.30. The summed E-state index contributed by atoms with van der Waals surface area (Å²) < 4.78 is 15.0. The molecule has 0 aliphatic carbocycles. The summed E-state index contributed by atoms with van der Waals surface area (Å²) in [6.45, 7) is 1.82. The van der Waals surface area contributed by atoms with Crippen molar-refractivity contribution in [3.63, 3.8) is 0 Å². The van der Waals surface area contributed by atoms with Gasteiger partial charge in [-0.15, -0.1) is 0 Å². The van der Waals surface area contributed by atoms with E-state index in [2.05, 4.69) is 37.2 Å². The van der Waals surface area contributed by atoms with Crippen molar-refractivity contribution in [3.8, 4) is 0 Å². The maximum atomic E-state index is 13.8. The summed E-state index contributed by atoms with van der Waals surface area (Å²) in [4.78, 5) is 10.3. The zero-order valence-electron chi connectivity index (χ0n) is 10.9. The number of benzene rings is 2. The van der Waals surface area contributed by atoms with Gasteiger partial charge >= 0.3 is 0 Å². The number of anilines is 1. The third-order valence-electron chi connectivity index (χ3n) is 2.95. The van der Waals surface area contributed by atoms with Crippen molar-refractivity contribution < 1.29 is 9.31 Å². The Bertz CT molecular complexity index is 695. The van der Waals surface area contributed by atoms with Crippen LogP contribution in [0.25, 0.3) is 0 Å². The third kappa shape index (κ3) is 3.79. The molecule has 0 aromatic heterocycles. The van der Waals surface area contributed by atoms with E-state index in [-0.39, 0.29) is 17.5 Å². The second kappa shape index (κ2) is 6.53. The van der Waals surface area contributed by atoms with E-state index < -0.39 is 4.92 Å². The van der Waals surface area contributed by atoms with Crippen molar-refractivity contribution in [2.24, 2.45) is 0 Å². The van der Waals surface area contributed by atoms with Crippen molar-refractivity contribution in [1.29, 1.82) is 0 Å². The number of nitro benzene ring substituents is 1. The quantitative estimate of drug-likeness (QED) is 0.532. The Morgan fingerprint density at radius 3 is 2.57 bits per heavy atom. The summed E-state index contributed by atoms with van der Waals surface area (Å²) in [5.41, 5.74) is 1.17. The van der Waals surface area contributed by atoms with E-state index in [4.69, 9.17) is 0 Å². The predicted octanol–water partition coefficient (Wildman–Crippen LogP) is 5.43. The normalized spacial score (nSPS) is 12.0. The van der Waals surface area contributed by atoms with Crippen LogP contribution in [0.1, 0.15) is 18.5 Å². The minimum atomic E-state index is -0.467. The van der Waals surface area contributed by atoms with E-state index in [9.17, 15) is 14.5 Å². The molecule has 0 radical (unpaired) electrons. The van der Waals surface area contributed by atoms with Gasteiger partial charge in [-0.1, -0.05) is 15.9 Å². The fourth-order valence-corrected chi connectivity index (χ4v) is 2.82. The van der Waals surface area contributed by atoms with Crippen LogP contribution in [0.3, 0.4) is 0 Å². The molecule has 0 saturated heterocycles. The van der Waals surface area contributed by atoms with Crippen LogP contribution >= 0.6 is 31.9 Å². The van der Waals surface area contributed by atoms with E-state index >= 15 is 0 Å². The molecule has 1 atom stereocenters. The smallest absolute Gasteiger partial charge is 0.283 e. The monoisotopic (exact) mass is 416 g/mol. The van der Waals surface area contributed by atoms with Gasteiger partial charge in [0.15, 0.2) is 0 Å². The Kier molecular flexibility index (Phi) is 4.95. The molecule has 0 saturated carbocycles. The zero-order valence-corrected chi connectivity index (χ0v) is 14.1. The zero-order chi connectivity index (χ0) is 15.6. The molecule has 0 aliphatic heterocycles. The molecule has 2 aromatic rings. The van der Waals surface area contributed by atoms with Gasteiger partial charge in [0.2, 0.25) is 0 Å². The predicted molar refractivity (Wildman–Crippen MR) is 86.9 cm³/mol. The lowest BCUT2D eigenvalue weighted by Gasteiger charge is -2.17. The van der Waals surface area contributed by atoms with Crippen LogP contribution < -0.4 is 5.32 Å². The minimum absolute atomic E-state index is 0.0122. The summed E-state index contributed by atoms with van der Waals surface area (Å²) in [5, 5.41) is 13.9. The van der Waals surface area contributed by atoms with Gasteiger partial charge in [-0.2, -0.15) is 0 Å². The largest absolute Gasteiger partial charge is 0.378 e. The van der Waals surface area contributed by atoms with Crippen LogP contribution in [0.15, 0.2) is 45.3 Å². The molecule has 1 unspecified atom stereocenters. The summed E-state index contributed by atoms with van der Waals surface area (Å²) >= 11 is 6.47. The summed E-state index contributed by atoms with van der Waals surface area (Å²) in [6.07, 6.45) is 0. The molecule has 110 valence electrons. The third-order valence-corrected chi connectivity index (χ3v) is 4.08. The lowest BCUT2D eigenvalue weighted by molar-refractivity contribution is -0.385. The van der Waals surface area contributed by atoms with Gasteiger partial charge in [-0.25, -0.2) is 4.39 Å². The van der Waals surface area contributed by atoms with Crippen molar-refractivity contribution in [1.82, 2.24) is 0 Å². The molecular formula is C14H11Br2FN2O2. The fourth-order valence-electron chi connectivity index (χ4n) is 1.92. The van der Waals surface area contributed by atoms with E-state index in [1.807, 2.05) is 6.92 Å². The summed E-state index contributed by atoms with van der Waals surface area (Å²) in [5.74, 6) is -0.306. The average molecular weight is 418 g/mol. The Hall–Kier alpha value is -1.47. The second-order valence-electron chi connectivity index (χ2n) is 4.46. The van der Waals surface area contributed by atoms with Gasteiger partial charge in [0.05, 0.1) is 15.4 Å².